The molecule has 1 rings (SSSR count). The molecule has 0 aliphatic carbocycles. The molecule has 0 saturated carbocycles. The second-order valence-corrected chi connectivity index (χ2v) is 1.82. The number of rotatable bonds is 1. The van der Waals surface area contributed by atoms with Crippen molar-refractivity contribution < 1.29 is 4.84 Å². The Bertz CT molecular complexity index is 111. The van der Waals surface area contributed by atoms with E-state index >= 15 is 0 Å². The number of hydrogen-bond donors (Lipinski definition) is 0. The van der Waals surface area contributed by atoms with Gasteiger partial charge in [-0.05, 0) is 0 Å². The summed E-state index contributed by atoms with van der Waals surface area (Å²) in [6.07, 6.45) is 0.955. The molecule has 0 unspecified atom stereocenters. The Morgan fingerprint density at radius 2 is 2.62 bits per heavy atom. The molecule has 1 heterocycles. The molecule has 1 aliphatic heterocycles. The van der Waals surface area contributed by atoms with Gasteiger partial charge in [-0.1, -0.05) is 12.1 Å². The van der Waals surface area contributed by atoms with Crippen LogP contribution in [-0.4, -0.2) is 24.5 Å². The molecule has 0 saturated heterocycles. The van der Waals surface area contributed by atoms with Crippen LogP contribution in [0.5, 0.6) is 0 Å². The van der Waals surface area contributed by atoms with E-state index < -0.39 is 0 Å². The molecule has 0 radical (unpaired) electrons. The van der Waals surface area contributed by atoms with Crippen molar-refractivity contribution in [3.63, 3.8) is 0 Å². The van der Waals surface area contributed by atoms with Crippen LogP contribution in [0.4, 0.5) is 0 Å². The Hall–Kier alpha value is -0.730. The van der Waals surface area contributed by atoms with Crippen molar-refractivity contribution in [1.29, 1.82) is 0 Å². The lowest BCUT2D eigenvalue weighted by Gasteiger charge is -2.06. The molecule has 3 heteroatoms. The van der Waals surface area contributed by atoms with Gasteiger partial charge in [-0.3, -0.25) is 0 Å². The standard InChI is InChI=1S/C5H10N2O/c1-3-5-6-8-4-7(5)2/h3-4H2,1-2H3. The molecule has 0 aromatic rings. The van der Waals surface area contributed by atoms with Gasteiger partial charge in [-0.25, -0.2) is 0 Å². The fourth-order valence-electron chi connectivity index (χ4n) is 0.669. The predicted octanol–water partition coefficient (Wildman–Crippen LogP) is 0.629. The van der Waals surface area contributed by atoms with Crippen LogP contribution in [0.15, 0.2) is 5.16 Å². The molecule has 46 valence electrons. The van der Waals surface area contributed by atoms with Crippen LogP contribution >= 0.6 is 0 Å². The highest BCUT2D eigenvalue weighted by Crippen LogP contribution is 2.01. The van der Waals surface area contributed by atoms with E-state index in [4.69, 9.17) is 4.84 Å². The number of oxime groups is 1. The van der Waals surface area contributed by atoms with Gasteiger partial charge in [-0.15, -0.1) is 0 Å². The molecule has 0 aromatic carbocycles. The zero-order valence-electron chi connectivity index (χ0n) is 5.22. The lowest BCUT2D eigenvalue weighted by atomic mass is 10.4. The Morgan fingerprint density at radius 3 is 2.88 bits per heavy atom. The second-order valence-electron chi connectivity index (χ2n) is 1.82. The quantitative estimate of drug-likeness (QED) is 0.499. The fraction of sp³-hybridized carbons (Fsp3) is 0.800. The smallest absolute Gasteiger partial charge is 0.190 e. The summed E-state index contributed by atoms with van der Waals surface area (Å²) in [6.45, 7) is 2.67. The monoisotopic (exact) mass is 114 g/mol. The van der Waals surface area contributed by atoms with E-state index in [1.165, 1.54) is 0 Å². The maximum absolute atomic E-state index is 4.77. The minimum absolute atomic E-state index is 0.614. The average molecular weight is 114 g/mol. The molecule has 0 fully saturated rings. The Labute approximate surface area is 48.9 Å². The maximum Gasteiger partial charge on any atom is 0.190 e. The van der Waals surface area contributed by atoms with Gasteiger partial charge in [0.2, 0.25) is 0 Å². The van der Waals surface area contributed by atoms with E-state index in [1.54, 1.807) is 0 Å². The SMILES string of the molecule is CCC1=NOCN1C. The fourth-order valence-corrected chi connectivity index (χ4v) is 0.669. The topological polar surface area (TPSA) is 24.8 Å². The van der Waals surface area contributed by atoms with Crippen LogP contribution in [0, 0.1) is 0 Å². The van der Waals surface area contributed by atoms with E-state index in [0.29, 0.717) is 6.73 Å². The zero-order chi connectivity index (χ0) is 5.98. The summed E-state index contributed by atoms with van der Waals surface area (Å²) < 4.78 is 0. The van der Waals surface area contributed by atoms with Crippen molar-refractivity contribution in [2.45, 2.75) is 13.3 Å². The number of hydrogen-bond acceptors (Lipinski definition) is 3. The number of nitrogens with zero attached hydrogens (tertiary/aromatic N) is 2. The average Bonchev–Trinajstić information content (AvgIpc) is 2.14. The van der Waals surface area contributed by atoms with Gasteiger partial charge in [0.25, 0.3) is 0 Å². The lowest BCUT2D eigenvalue weighted by molar-refractivity contribution is 0.120. The summed E-state index contributed by atoms with van der Waals surface area (Å²) in [7, 11) is 1.97. The minimum Gasteiger partial charge on any atom is -0.372 e. The molecule has 8 heavy (non-hydrogen) atoms. The minimum atomic E-state index is 0.614. The van der Waals surface area contributed by atoms with Gasteiger partial charge in [0.1, 0.15) is 5.84 Å². The van der Waals surface area contributed by atoms with Crippen molar-refractivity contribution >= 4 is 5.84 Å². The molecule has 0 atom stereocenters. The third-order valence-corrected chi connectivity index (χ3v) is 1.18. The van der Waals surface area contributed by atoms with Crippen LogP contribution in [-0.2, 0) is 4.84 Å². The van der Waals surface area contributed by atoms with Gasteiger partial charge < -0.3 is 9.74 Å². The van der Waals surface area contributed by atoms with Crippen molar-refractivity contribution in [1.82, 2.24) is 4.90 Å². The molecule has 0 bridgehead atoms. The lowest BCUT2D eigenvalue weighted by Crippen LogP contribution is -2.21. The summed E-state index contributed by atoms with van der Waals surface area (Å²) in [6, 6.07) is 0. The third kappa shape index (κ3) is 0.757. The van der Waals surface area contributed by atoms with E-state index in [0.717, 1.165) is 12.3 Å². The Balaban J connectivity index is 2.49. The largest absolute Gasteiger partial charge is 0.372 e. The number of amidine groups is 1. The molecule has 0 amide bonds. The Morgan fingerprint density at radius 1 is 1.88 bits per heavy atom. The molecule has 3 nitrogen and oxygen atoms in total. The van der Waals surface area contributed by atoms with E-state index in [1.807, 2.05) is 11.9 Å². The summed E-state index contributed by atoms with van der Waals surface area (Å²) >= 11 is 0. The first-order chi connectivity index (χ1) is 3.84. The third-order valence-electron chi connectivity index (χ3n) is 1.18. The van der Waals surface area contributed by atoms with Crippen LogP contribution in [0.1, 0.15) is 13.3 Å². The highest BCUT2D eigenvalue weighted by atomic mass is 16.7. The van der Waals surface area contributed by atoms with Crippen LogP contribution in [0.25, 0.3) is 0 Å². The summed E-state index contributed by atoms with van der Waals surface area (Å²) in [4.78, 5) is 6.76. The first-order valence-corrected chi connectivity index (χ1v) is 2.74. The van der Waals surface area contributed by atoms with Crippen molar-refractivity contribution in [3.05, 3.63) is 0 Å². The van der Waals surface area contributed by atoms with Crippen molar-refractivity contribution in [2.24, 2.45) is 5.16 Å². The molecular formula is C5H10N2O. The second kappa shape index (κ2) is 2.03. The van der Waals surface area contributed by atoms with Crippen LogP contribution in [0.3, 0.4) is 0 Å². The molecule has 0 spiro atoms. The maximum atomic E-state index is 4.77. The van der Waals surface area contributed by atoms with Crippen LogP contribution < -0.4 is 0 Å². The van der Waals surface area contributed by atoms with E-state index in [2.05, 4.69) is 12.1 Å². The van der Waals surface area contributed by atoms with E-state index in [9.17, 15) is 0 Å². The van der Waals surface area contributed by atoms with Gasteiger partial charge in [-0.2, -0.15) is 0 Å². The summed E-state index contributed by atoms with van der Waals surface area (Å²) in [5, 5.41) is 3.78. The van der Waals surface area contributed by atoms with Gasteiger partial charge in [0, 0.05) is 13.5 Å². The normalized spacial score (nSPS) is 18.2. The van der Waals surface area contributed by atoms with Gasteiger partial charge in [0.05, 0.1) is 0 Å². The zero-order valence-corrected chi connectivity index (χ0v) is 5.22. The summed E-state index contributed by atoms with van der Waals surface area (Å²) in [5.74, 6) is 1.03. The summed E-state index contributed by atoms with van der Waals surface area (Å²) in [5.41, 5.74) is 0. The van der Waals surface area contributed by atoms with Crippen LogP contribution in [0.2, 0.25) is 0 Å². The van der Waals surface area contributed by atoms with Gasteiger partial charge in [0.15, 0.2) is 6.73 Å². The first-order valence-electron chi connectivity index (χ1n) is 2.74. The molecule has 0 N–H and O–H groups in total. The van der Waals surface area contributed by atoms with Gasteiger partial charge >= 0.3 is 0 Å². The highest BCUT2D eigenvalue weighted by Gasteiger charge is 2.09. The van der Waals surface area contributed by atoms with Crippen molar-refractivity contribution in [2.75, 3.05) is 13.8 Å². The highest BCUT2D eigenvalue weighted by molar-refractivity contribution is 5.81. The first kappa shape index (κ1) is 5.41. The van der Waals surface area contributed by atoms with Crippen molar-refractivity contribution in [3.8, 4) is 0 Å². The molecular weight excluding hydrogens is 104 g/mol. The molecule has 1 aliphatic rings. The van der Waals surface area contributed by atoms with E-state index in [-0.39, 0.29) is 0 Å². The molecule has 0 aromatic heterocycles. The Kier molecular flexibility index (Phi) is 1.37. The predicted molar refractivity (Wildman–Crippen MR) is 31.4 cm³/mol.